The number of hydrogen-bond donors (Lipinski definition) is 2. The summed E-state index contributed by atoms with van der Waals surface area (Å²) in [4.78, 5) is 4.08. The quantitative estimate of drug-likeness (QED) is 0.872. The minimum Gasteiger partial charge on any atom is -0.464 e. The Labute approximate surface area is 125 Å². The van der Waals surface area contributed by atoms with Gasteiger partial charge in [-0.15, -0.1) is 0 Å². The van der Waals surface area contributed by atoms with Gasteiger partial charge in [0.25, 0.3) is 10.0 Å². The number of anilines is 1. The van der Waals surface area contributed by atoms with Gasteiger partial charge in [-0.05, 0) is 41.4 Å². The number of aryl methyl sites for hydroxylation is 2. The number of rotatable bonds is 4. The highest BCUT2D eigenvalue weighted by Crippen LogP contribution is 2.23. The largest absolute Gasteiger partial charge is 0.464 e. The summed E-state index contributed by atoms with van der Waals surface area (Å²) in [5, 5.41) is 0. The second-order valence-corrected chi connectivity index (χ2v) is 6.77. The van der Waals surface area contributed by atoms with Gasteiger partial charge in [-0.1, -0.05) is 0 Å². The lowest BCUT2D eigenvalue weighted by Crippen LogP contribution is -2.14. The summed E-state index contributed by atoms with van der Waals surface area (Å²) in [6.07, 6.45) is 1.54. The number of hydrogen-bond acceptors (Lipinski definition) is 5. The predicted molar refractivity (Wildman–Crippen MR) is 78.8 cm³/mol. The third kappa shape index (κ3) is 3.02. The van der Waals surface area contributed by atoms with Gasteiger partial charge in [0.2, 0.25) is 0 Å². The van der Waals surface area contributed by atoms with Crippen LogP contribution in [0, 0.1) is 13.8 Å². The molecular formula is C12H14BrN3O3S. The molecule has 0 bridgehead atoms. The molecule has 3 N–H and O–H groups in total. The van der Waals surface area contributed by atoms with E-state index in [4.69, 9.17) is 10.2 Å². The number of nitrogens with two attached hydrogens (primary N) is 1. The van der Waals surface area contributed by atoms with E-state index >= 15 is 0 Å². The van der Waals surface area contributed by atoms with Crippen LogP contribution in [0.5, 0.6) is 0 Å². The maximum atomic E-state index is 12.3. The molecule has 0 spiro atoms. The zero-order valence-corrected chi connectivity index (χ0v) is 13.4. The zero-order valence-electron chi connectivity index (χ0n) is 11.0. The molecule has 0 aliphatic rings. The number of pyridine rings is 1. The lowest BCUT2D eigenvalue weighted by Gasteiger charge is -2.07. The maximum absolute atomic E-state index is 12.3. The number of nitrogens with zero attached hydrogens (tertiary/aromatic N) is 1. The normalized spacial score (nSPS) is 11.6. The zero-order chi connectivity index (χ0) is 14.9. The fraction of sp³-hybridized carbons (Fsp3) is 0.250. The molecule has 0 unspecified atom stereocenters. The summed E-state index contributed by atoms with van der Waals surface area (Å²) in [7, 11) is -3.74. The molecule has 2 heterocycles. The predicted octanol–water partition coefficient (Wildman–Crippen LogP) is 2.31. The number of halogens is 1. The Hall–Kier alpha value is -1.38. The van der Waals surface area contributed by atoms with Crippen LogP contribution >= 0.6 is 15.9 Å². The Kier molecular flexibility index (Phi) is 4.17. The number of sulfonamides is 1. The Morgan fingerprint density at radius 3 is 2.65 bits per heavy atom. The highest BCUT2D eigenvalue weighted by molar-refractivity contribution is 9.10. The molecule has 0 fully saturated rings. The van der Waals surface area contributed by atoms with E-state index in [2.05, 4.69) is 25.6 Å². The van der Waals surface area contributed by atoms with E-state index in [0.717, 1.165) is 10.0 Å². The van der Waals surface area contributed by atoms with Crippen molar-refractivity contribution in [3.8, 4) is 0 Å². The van der Waals surface area contributed by atoms with E-state index in [9.17, 15) is 8.42 Å². The first-order chi connectivity index (χ1) is 9.33. The van der Waals surface area contributed by atoms with Gasteiger partial charge in [-0.3, -0.25) is 4.72 Å². The Bertz CT molecular complexity index is 740. The smallest absolute Gasteiger partial charge is 0.266 e. The van der Waals surface area contributed by atoms with E-state index in [-0.39, 0.29) is 17.3 Å². The Morgan fingerprint density at radius 1 is 1.40 bits per heavy atom. The topological polar surface area (TPSA) is 98.2 Å². The Balaban J connectivity index is 2.35. The highest BCUT2D eigenvalue weighted by atomic mass is 79.9. The molecule has 8 heteroatoms. The standard InChI is InChI=1S/C12H14BrN3O3S/c1-7-3-12(15-6-10(7)13)16-20(17,18)11-4-9(5-14)19-8(11)2/h3-4,6H,5,14H2,1-2H3,(H,15,16). The first-order valence-electron chi connectivity index (χ1n) is 5.78. The van der Waals surface area contributed by atoms with Crippen molar-refractivity contribution in [1.29, 1.82) is 0 Å². The molecule has 2 aromatic rings. The fourth-order valence-corrected chi connectivity index (χ4v) is 3.10. The molecule has 6 nitrogen and oxygen atoms in total. The second kappa shape index (κ2) is 5.55. The van der Waals surface area contributed by atoms with Crippen LogP contribution in [0.25, 0.3) is 0 Å². The van der Waals surface area contributed by atoms with Crippen LogP contribution in [0.4, 0.5) is 5.82 Å². The van der Waals surface area contributed by atoms with Gasteiger partial charge in [-0.25, -0.2) is 13.4 Å². The number of furan rings is 1. The van der Waals surface area contributed by atoms with Crippen molar-refractivity contribution in [1.82, 2.24) is 4.98 Å². The molecule has 0 aliphatic heterocycles. The molecule has 0 amide bonds. The van der Waals surface area contributed by atoms with E-state index in [1.165, 1.54) is 6.07 Å². The molecule has 2 aromatic heterocycles. The van der Waals surface area contributed by atoms with Gasteiger partial charge in [0, 0.05) is 16.7 Å². The van der Waals surface area contributed by atoms with Crippen molar-refractivity contribution in [2.75, 3.05) is 4.72 Å². The van der Waals surface area contributed by atoms with Crippen molar-refractivity contribution in [3.05, 3.63) is 39.9 Å². The molecule has 0 aromatic carbocycles. The summed E-state index contributed by atoms with van der Waals surface area (Å²) in [6, 6.07) is 3.06. The van der Waals surface area contributed by atoms with Gasteiger partial charge in [0.15, 0.2) is 0 Å². The highest BCUT2D eigenvalue weighted by Gasteiger charge is 2.21. The molecule has 108 valence electrons. The van der Waals surface area contributed by atoms with Crippen molar-refractivity contribution >= 4 is 31.8 Å². The van der Waals surface area contributed by atoms with Crippen LogP contribution in [-0.4, -0.2) is 13.4 Å². The van der Waals surface area contributed by atoms with Gasteiger partial charge in [0.05, 0.1) is 6.54 Å². The van der Waals surface area contributed by atoms with Gasteiger partial charge >= 0.3 is 0 Å². The molecule has 0 atom stereocenters. The second-order valence-electron chi connectivity index (χ2n) is 4.26. The molecule has 0 aliphatic carbocycles. The lowest BCUT2D eigenvalue weighted by molar-refractivity contribution is 0.479. The van der Waals surface area contributed by atoms with E-state index < -0.39 is 10.0 Å². The average molecular weight is 360 g/mol. The third-order valence-corrected chi connectivity index (χ3v) is 4.99. The molecular weight excluding hydrogens is 346 g/mol. The van der Waals surface area contributed by atoms with Crippen LogP contribution in [0.3, 0.4) is 0 Å². The lowest BCUT2D eigenvalue weighted by atomic mass is 10.3. The summed E-state index contributed by atoms with van der Waals surface area (Å²) >= 11 is 3.31. The SMILES string of the molecule is Cc1cc(NS(=O)(=O)c2cc(CN)oc2C)ncc1Br. The maximum Gasteiger partial charge on any atom is 0.266 e. The average Bonchev–Trinajstić information content (AvgIpc) is 2.76. The molecule has 0 radical (unpaired) electrons. The molecule has 0 saturated carbocycles. The van der Waals surface area contributed by atoms with Crippen LogP contribution in [-0.2, 0) is 16.6 Å². The summed E-state index contributed by atoms with van der Waals surface area (Å²) in [5.74, 6) is 0.968. The van der Waals surface area contributed by atoms with Crippen molar-refractivity contribution in [3.63, 3.8) is 0 Å². The van der Waals surface area contributed by atoms with Gasteiger partial charge in [0.1, 0.15) is 22.2 Å². The molecule has 2 rings (SSSR count). The third-order valence-electron chi connectivity index (χ3n) is 2.70. The van der Waals surface area contributed by atoms with Crippen molar-refractivity contribution in [2.24, 2.45) is 5.73 Å². The van der Waals surface area contributed by atoms with Crippen LogP contribution in [0.2, 0.25) is 0 Å². The molecule has 20 heavy (non-hydrogen) atoms. The monoisotopic (exact) mass is 359 g/mol. The minimum absolute atomic E-state index is 0.0697. The van der Waals surface area contributed by atoms with E-state index in [1.807, 2.05) is 6.92 Å². The summed E-state index contributed by atoms with van der Waals surface area (Å²) in [5.41, 5.74) is 6.32. The van der Waals surface area contributed by atoms with E-state index in [0.29, 0.717) is 11.5 Å². The van der Waals surface area contributed by atoms with Crippen LogP contribution in [0.15, 0.2) is 32.1 Å². The minimum atomic E-state index is -3.74. The van der Waals surface area contributed by atoms with Crippen molar-refractivity contribution < 1.29 is 12.8 Å². The first-order valence-corrected chi connectivity index (χ1v) is 8.05. The molecule has 0 saturated heterocycles. The number of aromatic nitrogens is 1. The van der Waals surface area contributed by atoms with Crippen LogP contribution in [0.1, 0.15) is 17.1 Å². The van der Waals surface area contributed by atoms with Crippen LogP contribution < -0.4 is 10.5 Å². The fourth-order valence-electron chi connectivity index (χ4n) is 1.68. The van der Waals surface area contributed by atoms with Gasteiger partial charge in [-0.2, -0.15) is 0 Å². The summed E-state index contributed by atoms with van der Waals surface area (Å²) in [6.45, 7) is 3.57. The van der Waals surface area contributed by atoms with Gasteiger partial charge < -0.3 is 10.2 Å². The number of nitrogens with one attached hydrogen (secondary N) is 1. The van der Waals surface area contributed by atoms with Crippen molar-refractivity contribution in [2.45, 2.75) is 25.3 Å². The van der Waals surface area contributed by atoms with E-state index in [1.54, 1.807) is 19.2 Å². The Morgan fingerprint density at radius 2 is 2.10 bits per heavy atom. The first kappa shape index (κ1) is 15.0. The summed E-state index contributed by atoms with van der Waals surface area (Å²) < 4.78 is 33.1.